The molecule has 4 aromatic rings. The number of aryl methyl sites for hydroxylation is 2. The predicted octanol–water partition coefficient (Wildman–Crippen LogP) is 4.01. The molecule has 2 aliphatic heterocycles. The molecule has 0 saturated carbocycles. The topological polar surface area (TPSA) is 78.3 Å². The van der Waals surface area contributed by atoms with Crippen molar-refractivity contribution in [1.82, 2.24) is 20.1 Å². The summed E-state index contributed by atoms with van der Waals surface area (Å²) >= 11 is 0. The number of carbonyl (C=O) groups excluding carboxylic acids is 1. The van der Waals surface area contributed by atoms with Crippen LogP contribution >= 0.6 is 0 Å². The third-order valence-corrected chi connectivity index (χ3v) is 6.29. The summed E-state index contributed by atoms with van der Waals surface area (Å²) in [6.45, 7) is 5.79. The van der Waals surface area contributed by atoms with Gasteiger partial charge in [0, 0.05) is 27.9 Å². The Kier molecular flexibility index (Phi) is 4.01. The van der Waals surface area contributed by atoms with Gasteiger partial charge in [0.2, 0.25) is 0 Å². The van der Waals surface area contributed by atoms with Crippen molar-refractivity contribution in [2.75, 3.05) is 19.8 Å². The van der Waals surface area contributed by atoms with Gasteiger partial charge >= 0.3 is 6.03 Å². The van der Waals surface area contributed by atoms with Crippen LogP contribution < -0.4 is 10.1 Å². The van der Waals surface area contributed by atoms with Crippen LogP contribution in [0, 0.1) is 13.8 Å². The van der Waals surface area contributed by atoms with E-state index < -0.39 is 0 Å². The number of rotatable bonds is 2. The summed E-state index contributed by atoms with van der Waals surface area (Å²) in [7, 11) is 0. The maximum absolute atomic E-state index is 13.3. The molecule has 7 heteroatoms. The van der Waals surface area contributed by atoms with Crippen LogP contribution in [0.25, 0.3) is 21.8 Å². The van der Waals surface area contributed by atoms with Gasteiger partial charge in [-0.2, -0.15) is 9.78 Å². The van der Waals surface area contributed by atoms with Gasteiger partial charge in [0.15, 0.2) is 0 Å². The van der Waals surface area contributed by atoms with Crippen molar-refractivity contribution in [1.29, 1.82) is 0 Å². The number of ether oxygens (including phenoxy) is 2. The van der Waals surface area contributed by atoms with Gasteiger partial charge in [-0.25, -0.2) is 4.79 Å². The van der Waals surface area contributed by atoms with Gasteiger partial charge in [0.1, 0.15) is 12.4 Å². The van der Waals surface area contributed by atoms with Crippen LogP contribution in [0.15, 0.2) is 42.5 Å². The number of hydrogen-bond donors (Lipinski definition) is 1. The Hall–Kier alpha value is -3.45. The number of benzene rings is 2. The molecule has 1 saturated heterocycles. The van der Waals surface area contributed by atoms with Crippen LogP contribution in [-0.2, 0) is 4.74 Å². The molecule has 0 spiro atoms. The van der Waals surface area contributed by atoms with E-state index in [1.165, 1.54) is 10.2 Å². The molecule has 6 rings (SSSR count). The molecule has 2 aromatic heterocycles. The second-order valence-corrected chi connectivity index (χ2v) is 8.28. The molecule has 2 aromatic carbocycles. The van der Waals surface area contributed by atoms with Crippen molar-refractivity contribution in [2.24, 2.45) is 0 Å². The minimum Gasteiger partial charge on any atom is -0.491 e. The Bertz CT molecular complexity index is 1360. The van der Waals surface area contributed by atoms with Crippen LogP contribution in [-0.4, -0.2) is 40.6 Å². The molecule has 0 radical (unpaired) electrons. The monoisotopic (exact) mass is 414 g/mol. The quantitative estimate of drug-likeness (QED) is 0.536. The highest BCUT2D eigenvalue weighted by atomic mass is 16.5. The summed E-state index contributed by atoms with van der Waals surface area (Å²) in [5, 5.41) is 9.51. The van der Waals surface area contributed by atoms with Crippen LogP contribution in [0.3, 0.4) is 0 Å². The summed E-state index contributed by atoms with van der Waals surface area (Å²) in [5.74, 6) is 1.27. The summed E-state index contributed by atoms with van der Waals surface area (Å²) in [4.78, 5) is 18.0. The Morgan fingerprint density at radius 1 is 1.10 bits per heavy atom. The molecular weight excluding hydrogens is 392 g/mol. The Balaban J connectivity index is 1.36. The lowest BCUT2D eigenvalue weighted by Gasteiger charge is -2.26. The van der Waals surface area contributed by atoms with Crippen LogP contribution in [0.4, 0.5) is 4.79 Å². The highest BCUT2D eigenvalue weighted by molar-refractivity contribution is 6.08. The lowest BCUT2D eigenvalue weighted by atomic mass is 9.95. The van der Waals surface area contributed by atoms with E-state index in [4.69, 9.17) is 14.5 Å². The lowest BCUT2D eigenvalue weighted by Crippen LogP contribution is -2.33. The molecule has 2 aliphatic rings. The van der Waals surface area contributed by atoms with Crippen molar-refractivity contribution in [3.63, 3.8) is 0 Å². The molecule has 1 amide bonds. The number of nitrogens with zero attached hydrogens (tertiary/aromatic N) is 3. The largest absolute Gasteiger partial charge is 0.491 e. The third kappa shape index (κ3) is 2.80. The van der Waals surface area contributed by atoms with Crippen LogP contribution in [0.2, 0.25) is 0 Å². The maximum atomic E-state index is 13.3. The van der Waals surface area contributed by atoms with E-state index in [1.54, 1.807) is 0 Å². The number of para-hydroxylation sites is 1. The maximum Gasteiger partial charge on any atom is 0.343 e. The molecule has 156 valence electrons. The first-order valence-electron chi connectivity index (χ1n) is 10.5. The summed E-state index contributed by atoms with van der Waals surface area (Å²) in [5.41, 5.74) is 5.51. The molecule has 0 unspecified atom stereocenters. The first-order valence-corrected chi connectivity index (χ1v) is 10.5. The minimum atomic E-state index is -0.272. The van der Waals surface area contributed by atoms with Gasteiger partial charge in [-0.3, -0.25) is 4.98 Å². The van der Waals surface area contributed by atoms with E-state index >= 15 is 0 Å². The summed E-state index contributed by atoms with van der Waals surface area (Å²) < 4.78 is 12.7. The number of amides is 1. The van der Waals surface area contributed by atoms with E-state index in [-0.39, 0.29) is 12.1 Å². The van der Waals surface area contributed by atoms with Gasteiger partial charge in [-0.15, -0.1) is 0 Å². The molecule has 7 nitrogen and oxygen atoms in total. The van der Waals surface area contributed by atoms with Gasteiger partial charge in [0.25, 0.3) is 0 Å². The normalized spacial score (nSPS) is 18.1. The second kappa shape index (κ2) is 6.78. The number of carbonyl (C=O) groups is 1. The second-order valence-electron chi connectivity index (χ2n) is 8.28. The fourth-order valence-electron chi connectivity index (χ4n) is 4.60. The summed E-state index contributed by atoms with van der Waals surface area (Å²) in [6, 6.07) is 13.6. The SMILES string of the molecule is Cc1nc2ccccc2c2c1c(C)nn2C(=O)N[C@@H]1COc2cc(C3COC3)ccc21. The van der Waals surface area contributed by atoms with Crippen LogP contribution in [0.1, 0.15) is 34.5 Å². The van der Waals surface area contributed by atoms with Crippen molar-refractivity contribution in [2.45, 2.75) is 25.8 Å². The first-order chi connectivity index (χ1) is 15.1. The van der Waals surface area contributed by atoms with E-state index in [0.717, 1.165) is 57.7 Å². The fourth-order valence-corrected chi connectivity index (χ4v) is 4.60. The number of hydrogen-bond acceptors (Lipinski definition) is 5. The third-order valence-electron chi connectivity index (χ3n) is 6.29. The Morgan fingerprint density at radius 2 is 1.94 bits per heavy atom. The molecule has 1 fully saturated rings. The standard InChI is InChI=1S/C24H22N4O3/c1-13-22-14(2)27-28(23(22)18-5-3-4-6-19(18)25-13)24(29)26-20-12-31-21-9-15(7-8-17(20)21)16-10-30-11-16/h3-9,16,20H,10-12H2,1-2H3,(H,26,29)/t20-/m1/s1. The van der Waals surface area contributed by atoms with E-state index in [9.17, 15) is 4.79 Å². The van der Waals surface area contributed by atoms with E-state index in [1.807, 2.05) is 38.1 Å². The fraction of sp³-hybridized carbons (Fsp3) is 0.292. The van der Waals surface area contributed by atoms with Gasteiger partial charge in [-0.05, 0) is 31.5 Å². The zero-order chi connectivity index (χ0) is 21.1. The highest BCUT2D eigenvalue weighted by Crippen LogP contribution is 2.36. The molecular formula is C24H22N4O3. The highest BCUT2D eigenvalue weighted by Gasteiger charge is 2.30. The minimum absolute atomic E-state index is 0.219. The molecule has 4 heterocycles. The van der Waals surface area contributed by atoms with Crippen molar-refractivity contribution < 1.29 is 14.3 Å². The number of nitrogens with one attached hydrogen (secondary N) is 1. The zero-order valence-electron chi connectivity index (χ0n) is 17.4. The average molecular weight is 414 g/mol. The molecule has 1 atom stereocenters. The van der Waals surface area contributed by atoms with E-state index in [2.05, 4.69) is 28.6 Å². The number of aromatic nitrogens is 3. The van der Waals surface area contributed by atoms with Crippen LogP contribution in [0.5, 0.6) is 5.75 Å². The van der Waals surface area contributed by atoms with Crippen molar-refractivity contribution in [3.05, 3.63) is 65.0 Å². The van der Waals surface area contributed by atoms with Gasteiger partial charge < -0.3 is 14.8 Å². The molecule has 31 heavy (non-hydrogen) atoms. The van der Waals surface area contributed by atoms with Gasteiger partial charge in [0.05, 0.1) is 36.0 Å². The number of fused-ring (bicyclic) bond motifs is 4. The van der Waals surface area contributed by atoms with E-state index in [0.29, 0.717) is 12.5 Å². The van der Waals surface area contributed by atoms with Gasteiger partial charge in [-0.1, -0.05) is 30.3 Å². The Morgan fingerprint density at radius 3 is 2.74 bits per heavy atom. The summed E-state index contributed by atoms with van der Waals surface area (Å²) in [6.07, 6.45) is 0. The molecule has 1 N–H and O–H groups in total. The molecule has 0 bridgehead atoms. The lowest BCUT2D eigenvalue weighted by molar-refractivity contribution is 0.00836. The zero-order valence-corrected chi connectivity index (χ0v) is 17.4. The van der Waals surface area contributed by atoms with Crippen molar-refractivity contribution in [3.8, 4) is 5.75 Å². The first kappa shape index (κ1) is 18.3. The predicted molar refractivity (Wildman–Crippen MR) is 117 cm³/mol. The smallest absolute Gasteiger partial charge is 0.343 e. The Labute approximate surface area is 179 Å². The van der Waals surface area contributed by atoms with Crippen molar-refractivity contribution >= 4 is 27.8 Å². The molecule has 0 aliphatic carbocycles. The average Bonchev–Trinajstić information content (AvgIpc) is 3.28. The number of pyridine rings is 1.